The van der Waals surface area contributed by atoms with Gasteiger partial charge in [0.15, 0.2) is 0 Å². The number of carbonyl (C=O) groups excluding carboxylic acids is 2. The lowest BCUT2D eigenvalue weighted by Gasteiger charge is -2.32. The Morgan fingerprint density at radius 1 is 1.14 bits per heavy atom. The predicted octanol–water partition coefficient (Wildman–Crippen LogP) is 2.16. The van der Waals surface area contributed by atoms with Gasteiger partial charge < -0.3 is 14.7 Å². The van der Waals surface area contributed by atoms with Crippen LogP contribution in [0.15, 0.2) is 30.3 Å². The molecule has 1 heterocycles. The summed E-state index contributed by atoms with van der Waals surface area (Å²) >= 11 is 0. The normalized spacial score (nSPS) is 22.9. The van der Waals surface area contributed by atoms with E-state index in [1.165, 1.54) is 0 Å². The molecule has 11 heteroatoms. The number of nitrogens with one attached hydrogen (secondary N) is 1. The maximum atomic E-state index is 13.5. The van der Waals surface area contributed by atoms with Crippen LogP contribution in [-0.2, 0) is 30.4 Å². The molecule has 1 aliphatic carbocycles. The summed E-state index contributed by atoms with van der Waals surface area (Å²) in [5, 5.41) is 29.4. The standard InChI is InChI=1S/C25H37N3O8/c1-17(26-20(24(30)31)13-12-18-8-3-2-4-9-18)23(29)27-21-11-7-10-19(21)16-22(27)25(32)35-14-5-6-15-36-28(33)34/h2-4,8-9,17,19-22,26,33-34H,5-7,10-16H2,1H3,(H,30,31). The SMILES string of the molecule is CC(NC(CCc1ccccc1)C(=O)O)C(=O)N1C(C(=O)OCCCCON(O)O)CC2CCCC21. The second-order valence-electron chi connectivity index (χ2n) is 9.52. The Morgan fingerprint density at radius 2 is 1.86 bits per heavy atom. The lowest BCUT2D eigenvalue weighted by molar-refractivity contribution is -0.492. The first kappa shape index (κ1) is 28.0. The highest BCUT2D eigenvalue weighted by Gasteiger charge is 2.50. The van der Waals surface area contributed by atoms with Gasteiger partial charge in [-0.25, -0.2) is 4.79 Å². The fraction of sp³-hybridized carbons (Fsp3) is 0.640. The number of hydrogen-bond acceptors (Lipinski definition) is 9. The Labute approximate surface area is 210 Å². The average Bonchev–Trinajstić information content (AvgIpc) is 3.45. The summed E-state index contributed by atoms with van der Waals surface area (Å²) in [6.45, 7) is 1.83. The third-order valence-corrected chi connectivity index (χ3v) is 7.04. The van der Waals surface area contributed by atoms with Crippen LogP contribution in [0.1, 0.15) is 57.4 Å². The van der Waals surface area contributed by atoms with E-state index in [0.29, 0.717) is 32.1 Å². The number of hydrogen-bond donors (Lipinski definition) is 4. The average molecular weight is 508 g/mol. The second-order valence-corrected chi connectivity index (χ2v) is 9.52. The van der Waals surface area contributed by atoms with Crippen molar-refractivity contribution in [3.63, 3.8) is 0 Å². The van der Waals surface area contributed by atoms with Gasteiger partial charge in [-0.1, -0.05) is 36.8 Å². The van der Waals surface area contributed by atoms with E-state index >= 15 is 0 Å². The van der Waals surface area contributed by atoms with E-state index in [4.69, 9.17) is 15.2 Å². The predicted molar refractivity (Wildman–Crippen MR) is 127 cm³/mol. The van der Waals surface area contributed by atoms with Crippen LogP contribution in [0.3, 0.4) is 0 Å². The fourth-order valence-corrected chi connectivity index (χ4v) is 5.27. The molecule has 1 saturated heterocycles. The van der Waals surface area contributed by atoms with Gasteiger partial charge in [-0.15, -0.1) is 0 Å². The van der Waals surface area contributed by atoms with E-state index in [1.54, 1.807) is 11.8 Å². The van der Waals surface area contributed by atoms with Gasteiger partial charge in [0, 0.05) is 6.04 Å². The van der Waals surface area contributed by atoms with Crippen molar-refractivity contribution in [3.8, 4) is 0 Å². The van der Waals surface area contributed by atoms with Crippen molar-refractivity contribution in [2.45, 2.75) is 82.5 Å². The Hall–Kier alpha value is -2.57. The number of carbonyl (C=O) groups is 3. The molecule has 2 fully saturated rings. The molecule has 1 saturated carbocycles. The zero-order valence-electron chi connectivity index (χ0n) is 20.6. The number of aliphatic carboxylic acids is 1. The van der Waals surface area contributed by atoms with Gasteiger partial charge in [0.05, 0.1) is 24.6 Å². The van der Waals surface area contributed by atoms with Crippen molar-refractivity contribution >= 4 is 17.8 Å². The smallest absolute Gasteiger partial charge is 0.328 e. The Kier molecular flexibility index (Phi) is 10.6. The summed E-state index contributed by atoms with van der Waals surface area (Å²) in [5.74, 6) is -1.52. The van der Waals surface area contributed by atoms with Gasteiger partial charge in [0.25, 0.3) is 0 Å². The summed E-state index contributed by atoms with van der Waals surface area (Å²) in [6, 6.07) is 7.19. The van der Waals surface area contributed by atoms with Gasteiger partial charge in [-0.2, -0.15) is 0 Å². The van der Waals surface area contributed by atoms with E-state index in [2.05, 4.69) is 10.2 Å². The maximum absolute atomic E-state index is 13.5. The highest BCUT2D eigenvalue weighted by molar-refractivity contribution is 5.89. The molecular formula is C25H37N3O8. The number of amides is 1. The first-order valence-electron chi connectivity index (χ1n) is 12.6. The molecule has 1 aromatic carbocycles. The van der Waals surface area contributed by atoms with E-state index < -0.39 is 30.1 Å². The van der Waals surface area contributed by atoms with Gasteiger partial charge in [0.2, 0.25) is 5.91 Å². The molecule has 3 rings (SSSR count). The largest absolute Gasteiger partial charge is 0.480 e. The fourth-order valence-electron chi connectivity index (χ4n) is 5.27. The van der Waals surface area contributed by atoms with E-state index in [9.17, 15) is 19.5 Å². The second kappa shape index (κ2) is 13.7. The van der Waals surface area contributed by atoms with Crippen LogP contribution < -0.4 is 5.32 Å². The Morgan fingerprint density at radius 3 is 2.56 bits per heavy atom. The molecule has 0 aromatic heterocycles. The minimum atomic E-state index is -1.02. The van der Waals surface area contributed by atoms with Crippen molar-refractivity contribution in [3.05, 3.63) is 35.9 Å². The minimum Gasteiger partial charge on any atom is -0.480 e. The number of ether oxygens (including phenoxy) is 1. The Balaban J connectivity index is 1.57. The summed E-state index contributed by atoms with van der Waals surface area (Å²) in [5.41, 5.74) is 1.03. The van der Waals surface area contributed by atoms with Crippen LogP contribution in [0.25, 0.3) is 0 Å². The lowest BCUT2D eigenvalue weighted by Crippen LogP contribution is -2.55. The molecule has 36 heavy (non-hydrogen) atoms. The molecule has 5 unspecified atom stereocenters. The molecule has 0 radical (unpaired) electrons. The van der Waals surface area contributed by atoms with E-state index in [-0.39, 0.29) is 36.5 Å². The molecule has 2 aliphatic rings. The summed E-state index contributed by atoms with van der Waals surface area (Å²) in [4.78, 5) is 44.4. The first-order chi connectivity index (χ1) is 17.3. The van der Waals surface area contributed by atoms with Crippen molar-refractivity contribution in [1.29, 1.82) is 0 Å². The number of carboxylic acid groups (broad SMARTS) is 1. The number of carboxylic acids is 1. The molecule has 4 N–H and O–H groups in total. The summed E-state index contributed by atoms with van der Waals surface area (Å²) in [7, 11) is 0. The summed E-state index contributed by atoms with van der Waals surface area (Å²) < 4.78 is 5.42. The highest BCUT2D eigenvalue weighted by Crippen LogP contribution is 2.42. The van der Waals surface area contributed by atoms with Crippen molar-refractivity contribution in [2.75, 3.05) is 13.2 Å². The number of likely N-dealkylation sites (tertiary alicyclic amines) is 1. The first-order valence-corrected chi connectivity index (χ1v) is 12.6. The van der Waals surface area contributed by atoms with Crippen molar-refractivity contribution in [1.82, 2.24) is 15.6 Å². The third-order valence-electron chi connectivity index (χ3n) is 7.04. The molecule has 1 amide bonds. The molecule has 0 bridgehead atoms. The van der Waals surface area contributed by atoms with Gasteiger partial charge in [0.1, 0.15) is 12.1 Å². The number of nitrogens with zero attached hydrogens (tertiary/aromatic N) is 2. The number of esters is 1. The van der Waals surface area contributed by atoms with Crippen LogP contribution in [0.5, 0.6) is 0 Å². The highest BCUT2D eigenvalue weighted by atomic mass is 17.1. The monoisotopic (exact) mass is 507 g/mol. The van der Waals surface area contributed by atoms with Crippen molar-refractivity contribution < 1.29 is 39.5 Å². The van der Waals surface area contributed by atoms with Crippen LogP contribution in [-0.4, -0.2) is 81.0 Å². The van der Waals surface area contributed by atoms with Gasteiger partial charge in [-0.3, -0.25) is 30.2 Å². The van der Waals surface area contributed by atoms with Crippen LogP contribution >= 0.6 is 0 Å². The quantitative estimate of drug-likeness (QED) is 0.168. The third kappa shape index (κ3) is 7.71. The molecular weight excluding hydrogens is 470 g/mol. The maximum Gasteiger partial charge on any atom is 0.328 e. The summed E-state index contributed by atoms with van der Waals surface area (Å²) in [6.07, 6.45) is 5.12. The molecule has 1 aliphatic heterocycles. The van der Waals surface area contributed by atoms with Crippen LogP contribution in [0, 0.1) is 5.92 Å². The molecule has 1 aromatic rings. The number of aryl methyl sites for hydroxylation is 1. The number of rotatable bonds is 14. The number of fused-ring (bicyclic) bond motifs is 1. The number of unbranched alkanes of at least 4 members (excludes halogenated alkanes) is 1. The van der Waals surface area contributed by atoms with Gasteiger partial charge >= 0.3 is 11.9 Å². The van der Waals surface area contributed by atoms with Crippen LogP contribution in [0.2, 0.25) is 0 Å². The minimum absolute atomic E-state index is 0.0413. The van der Waals surface area contributed by atoms with Crippen molar-refractivity contribution in [2.24, 2.45) is 5.92 Å². The van der Waals surface area contributed by atoms with Crippen LogP contribution in [0.4, 0.5) is 0 Å². The zero-order valence-corrected chi connectivity index (χ0v) is 20.6. The Bertz CT molecular complexity index is 868. The molecule has 200 valence electrons. The molecule has 11 nitrogen and oxygen atoms in total. The van der Waals surface area contributed by atoms with Gasteiger partial charge in [-0.05, 0) is 63.4 Å². The lowest BCUT2D eigenvalue weighted by atomic mass is 10.0. The molecule has 5 atom stereocenters. The zero-order chi connectivity index (χ0) is 26.1. The van der Waals surface area contributed by atoms with E-state index in [0.717, 1.165) is 24.8 Å². The topological polar surface area (TPSA) is 149 Å². The van der Waals surface area contributed by atoms with E-state index in [1.807, 2.05) is 30.3 Å². The molecule has 0 spiro atoms. The number of benzene rings is 1.